The van der Waals surface area contributed by atoms with E-state index in [9.17, 15) is 4.79 Å². The van der Waals surface area contributed by atoms with Crippen molar-refractivity contribution in [2.45, 2.75) is 6.42 Å². The fraction of sp³-hybridized carbons (Fsp3) is 0.333. The summed E-state index contributed by atoms with van der Waals surface area (Å²) >= 11 is 0. The van der Waals surface area contributed by atoms with Crippen molar-refractivity contribution < 1.29 is 9.53 Å². The van der Waals surface area contributed by atoms with Crippen molar-refractivity contribution in [2.75, 3.05) is 20.7 Å². The molecule has 0 aliphatic heterocycles. The maximum absolute atomic E-state index is 10.8. The molecule has 0 fully saturated rings. The molecule has 0 heterocycles. The van der Waals surface area contributed by atoms with Crippen molar-refractivity contribution in [2.24, 2.45) is 0 Å². The number of ether oxygens (including phenoxy) is 1. The second-order valence-corrected chi connectivity index (χ2v) is 3.17. The van der Waals surface area contributed by atoms with Gasteiger partial charge < -0.3 is 10.1 Å². The van der Waals surface area contributed by atoms with Crippen molar-refractivity contribution in [1.29, 1.82) is 0 Å². The molecule has 0 aliphatic rings. The molecule has 3 nitrogen and oxygen atoms in total. The van der Waals surface area contributed by atoms with Gasteiger partial charge >= 0.3 is 0 Å². The molecule has 1 aromatic carbocycles. The summed E-state index contributed by atoms with van der Waals surface area (Å²) in [6.07, 6.45) is 0.674. The van der Waals surface area contributed by atoms with Gasteiger partial charge in [-0.3, -0.25) is 0 Å². The molecule has 0 radical (unpaired) electrons. The SMILES string of the molecule is CNCCC(=C=O)c1cccc(OC)c1. The molecule has 0 unspecified atom stereocenters. The lowest BCUT2D eigenvalue weighted by molar-refractivity contribution is 0.414. The van der Waals surface area contributed by atoms with Crippen molar-refractivity contribution in [3.8, 4) is 5.75 Å². The van der Waals surface area contributed by atoms with Crippen LogP contribution in [0.2, 0.25) is 0 Å². The predicted molar refractivity (Wildman–Crippen MR) is 60.6 cm³/mol. The Morgan fingerprint density at radius 1 is 1.53 bits per heavy atom. The highest BCUT2D eigenvalue weighted by Crippen LogP contribution is 2.20. The lowest BCUT2D eigenvalue weighted by Gasteiger charge is -2.05. The van der Waals surface area contributed by atoms with E-state index in [1.165, 1.54) is 0 Å². The quantitative estimate of drug-likeness (QED) is 0.741. The average Bonchev–Trinajstić information content (AvgIpc) is 2.30. The lowest BCUT2D eigenvalue weighted by Crippen LogP contribution is -2.08. The van der Waals surface area contributed by atoms with E-state index in [1.54, 1.807) is 7.11 Å². The molecule has 0 atom stereocenters. The molecule has 0 spiro atoms. The number of benzene rings is 1. The van der Waals surface area contributed by atoms with Gasteiger partial charge in [0, 0.05) is 5.57 Å². The minimum Gasteiger partial charge on any atom is -0.497 e. The largest absolute Gasteiger partial charge is 0.497 e. The number of rotatable bonds is 5. The van der Waals surface area contributed by atoms with Crippen LogP contribution in [0, 0.1) is 0 Å². The molecule has 0 aliphatic carbocycles. The van der Waals surface area contributed by atoms with Gasteiger partial charge in [-0.15, -0.1) is 0 Å². The van der Waals surface area contributed by atoms with E-state index in [-0.39, 0.29) is 0 Å². The first kappa shape index (κ1) is 11.5. The first-order valence-corrected chi connectivity index (χ1v) is 4.84. The van der Waals surface area contributed by atoms with E-state index in [4.69, 9.17) is 4.74 Å². The Kier molecular flexibility index (Phi) is 4.61. The second-order valence-electron chi connectivity index (χ2n) is 3.17. The van der Waals surface area contributed by atoms with Crippen LogP contribution in [0.1, 0.15) is 12.0 Å². The number of methoxy groups -OCH3 is 1. The normalized spacial score (nSPS) is 9.47. The molecule has 0 bridgehead atoms. The summed E-state index contributed by atoms with van der Waals surface area (Å²) in [6.45, 7) is 0.766. The summed E-state index contributed by atoms with van der Waals surface area (Å²) in [5.74, 6) is 2.73. The third kappa shape index (κ3) is 3.24. The molecule has 1 rings (SSSR count). The molecule has 80 valence electrons. The highest BCUT2D eigenvalue weighted by Gasteiger charge is 2.03. The standard InChI is InChI=1S/C12H15NO2/c1-13-7-6-11(9-14)10-4-3-5-12(8-10)15-2/h3-5,8,13H,6-7H2,1-2H3. The minimum atomic E-state index is 0.670. The Bertz CT molecular complexity index is 368. The Hall–Kier alpha value is -1.57. The smallest absolute Gasteiger partial charge is 0.128 e. The van der Waals surface area contributed by atoms with Crippen LogP contribution >= 0.6 is 0 Å². The molecule has 0 saturated carbocycles. The van der Waals surface area contributed by atoms with Crippen LogP contribution in [0.3, 0.4) is 0 Å². The van der Waals surface area contributed by atoms with Gasteiger partial charge in [-0.1, -0.05) is 12.1 Å². The maximum Gasteiger partial charge on any atom is 0.128 e. The van der Waals surface area contributed by atoms with Gasteiger partial charge in [-0.05, 0) is 37.7 Å². The topological polar surface area (TPSA) is 38.3 Å². The van der Waals surface area contributed by atoms with Crippen LogP contribution in [-0.2, 0) is 4.79 Å². The van der Waals surface area contributed by atoms with E-state index in [2.05, 4.69) is 5.32 Å². The summed E-state index contributed by atoms with van der Waals surface area (Å²) in [7, 11) is 3.46. The summed E-state index contributed by atoms with van der Waals surface area (Å²) in [6, 6.07) is 7.45. The van der Waals surface area contributed by atoms with Gasteiger partial charge in [0.15, 0.2) is 0 Å². The monoisotopic (exact) mass is 205 g/mol. The number of hydrogen-bond acceptors (Lipinski definition) is 3. The maximum atomic E-state index is 10.8. The van der Waals surface area contributed by atoms with Gasteiger partial charge in [-0.25, -0.2) is 4.79 Å². The molecule has 0 saturated heterocycles. The first-order valence-electron chi connectivity index (χ1n) is 4.84. The van der Waals surface area contributed by atoms with Crippen LogP contribution < -0.4 is 10.1 Å². The Labute approximate surface area is 89.8 Å². The Morgan fingerprint density at radius 2 is 2.33 bits per heavy atom. The Balaban J connectivity index is 2.87. The van der Waals surface area contributed by atoms with E-state index in [0.29, 0.717) is 12.0 Å². The van der Waals surface area contributed by atoms with Crippen LogP contribution in [-0.4, -0.2) is 26.6 Å². The number of nitrogens with one attached hydrogen (secondary N) is 1. The van der Waals surface area contributed by atoms with Gasteiger partial charge in [-0.2, -0.15) is 0 Å². The summed E-state index contributed by atoms with van der Waals surface area (Å²) in [4.78, 5) is 10.8. The van der Waals surface area contributed by atoms with E-state index >= 15 is 0 Å². The first-order chi connectivity index (χ1) is 7.31. The van der Waals surface area contributed by atoms with E-state index < -0.39 is 0 Å². The zero-order valence-corrected chi connectivity index (χ0v) is 9.04. The molecule has 15 heavy (non-hydrogen) atoms. The van der Waals surface area contributed by atoms with Gasteiger partial charge in [0.05, 0.1) is 7.11 Å². The van der Waals surface area contributed by atoms with Gasteiger partial charge in [0.25, 0.3) is 0 Å². The minimum absolute atomic E-state index is 0.670. The highest BCUT2D eigenvalue weighted by atomic mass is 16.5. The lowest BCUT2D eigenvalue weighted by atomic mass is 10.0. The molecule has 3 heteroatoms. The van der Waals surface area contributed by atoms with Crippen LogP contribution in [0.5, 0.6) is 5.75 Å². The number of carbonyl (C=O) groups excluding carboxylic acids is 1. The van der Waals surface area contributed by atoms with Crippen LogP contribution in [0.15, 0.2) is 24.3 Å². The van der Waals surface area contributed by atoms with Crippen molar-refractivity contribution in [3.63, 3.8) is 0 Å². The molecule has 1 aromatic rings. The summed E-state index contributed by atoms with van der Waals surface area (Å²) < 4.78 is 5.10. The highest BCUT2D eigenvalue weighted by molar-refractivity contribution is 5.87. The Morgan fingerprint density at radius 3 is 2.93 bits per heavy atom. The average molecular weight is 205 g/mol. The van der Waals surface area contributed by atoms with Crippen molar-refractivity contribution >= 4 is 11.5 Å². The third-order valence-electron chi connectivity index (χ3n) is 2.17. The van der Waals surface area contributed by atoms with Crippen LogP contribution in [0.4, 0.5) is 0 Å². The predicted octanol–water partition coefficient (Wildman–Crippen LogP) is 1.52. The van der Waals surface area contributed by atoms with Crippen molar-refractivity contribution in [3.05, 3.63) is 29.8 Å². The summed E-state index contributed by atoms with van der Waals surface area (Å²) in [5, 5.41) is 3.00. The summed E-state index contributed by atoms with van der Waals surface area (Å²) in [5.41, 5.74) is 1.54. The molecular formula is C12H15NO2. The molecule has 0 aromatic heterocycles. The zero-order chi connectivity index (χ0) is 11.1. The third-order valence-corrected chi connectivity index (χ3v) is 2.17. The van der Waals surface area contributed by atoms with Crippen LogP contribution in [0.25, 0.3) is 5.57 Å². The van der Waals surface area contributed by atoms with Gasteiger partial charge in [0.2, 0.25) is 0 Å². The second kappa shape index (κ2) is 6.02. The van der Waals surface area contributed by atoms with E-state index in [0.717, 1.165) is 17.9 Å². The van der Waals surface area contributed by atoms with Gasteiger partial charge in [0.1, 0.15) is 11.7 Å². The fourth-order valence-corrected chi connectivity index (χ4v) is 1.32. The number of hydrogen-bond donors (Lipinski definition) is 1. The molecule has 0 amide bonds. The fourth-order valence-electron chi connectivity index (χ4n) is 1.32. The molecule has 1 N–H and O–H groups in total. The zero-order valence-electron chi connectivity index (χ0n) is 9.04. The molecular weight excluding hydrogens is 190 g/mol. The van der Waals surface area contributed by atoms with Crippen molar-refractivity contribution in [1.82, 2.24) is 5.32 Å². The van der Waals surface area contributed by atoms with E-state index in [1.807, 2.05) is 37.3 Å².